The second kappa shape index (κ2) is 9.84. The van der Waals surface area contributed by atoms with Gasteiger partial charge in [-0.1, -0.05) is 5.16 Å². The van der Waals surface area contributed by atoms with Gasteiger partial charge in [-0.2, -0.15) is 0 Å². The first kappa shape index (κ1) is 22.1. The molecule has 1 N–H and O–H groups in total. The molecule has 1 heterocycles. The molecule has 28 heavy (non-hydrogen) atoms. The number of aliphatic carboxylic acids is 1. The minimum Gasteiger partial charge on any atom is -0.494 e. The average molecular weight is 397 g/mol. The van der Waals surface area contributed by atoms with Crippen LogP contribution in [0, 0.1) is 11.7 Å². The number of hydrogen-bond acceptors (Lipinski definition) is 6. The standard InChI is InChI=1S/C20H28FNO6/c1-13(15-8-9-18(25-4)17(21)11-15)22-27-10-6-5-7-16-12-26-20(3,19(23)24)28-14(16)2/h8-9,11,14,16H,5-7,10,12H2,1-4H3,(H,23,24). The topological polar surface area (TPSA) is 86.6 Å². The first-order valence-corrected chi connectivity index (χ1v) is 9.32. The molecule has 0 bridgehead atoms. The van der Waals surface area contributed by atoms with E-state index >= 15 is 0 Å². The number of hydrogen-bond donors (Lipinski definition) is 1. The van der Waals surface area contributed by atoms with Crippen LogP contribution in [0.5, 0.6) is 5.75 Å². The lowest BCUT2D eigenvalue weighted by atomic mass is 9.96. The monoisotopic (exact) mass is 397 g/mol. The SMILES string of the molecule is COc1ccc(C(C)=NOCCCCC2COC(C)(C(=O)O)OC2C)cc1F. The summed E-state index contributed by atoms with van der Waals surface area (Å²) in [4.78, 5) is 16.5. The molecular formula is C20H28FNO6. The summed E-state index contributed by atoms with van der Waals surface area (Å²) in [6, 6.07) is 4.63. The fourth-order valence-electron chi connectivity index (χ4n) is 2.98. The van der Waals surface area contributed by atoms with E-state index in [1.807, 2.05) is 6.92 Å². The Morgan fingerprint density at radius 3 is 2.79 bits per heavy atom. The van der Waals surface area contributed by atoms with Crippen molar-refractivity contribution in [2.45, 2.75) is 51.9 Å². The summed E-state index contributed by atoms with van der Waals surface area (Å²) in [6.07, 6.45) is 2.30. The van der Waals surface area contributed by atoms with Crippen molar-refractivity contribution in [3.63, 3.8) is 0 Å². The molecule has 1 aromatic rings. The number of rotatable bonds is 9. The minimum absolute atomic E-state index is 0.139. The predicted molar refractivity (Wildman–Crippen MR) is 101 cm³/mol. The summed E-state index contributed by atoms with van der Waals surface area (Å²) in [7, 11) is 1.42. The number of benzene rings is 1. The summed E-state index contributed by atoms with van der Waals surface area (Å²) in [6.45, 7) is 5.83. The lowest BCUT2D eigenvalue weighted by molar-refractivity contribution is -0.292. The zero-order valence-corrected chi connectivity index (χ0v) is 16.7. The van der Waals surface area contributed by atoms with Gasteiger partial charge in [0.15, 0.2) is 11.6 Å². The highest BCUT2D eigenvalue weighted by Crippen LogP contribution is 2.29. The molecule has 3 unspecified atom stereocenters. The van der Waals surface area contributed by atoms with Crippen LogP contribution in [0.3, 0.4) is 0 Å². The second-order valence-electron chi connectivity index (χ2n) is 7.00. The Morgan fingerprint density at radius 2 is 2.18 bits per heavy atom. The van der Waals surface area contributed by atoms with Gasteiger partial charge in [0.25, 0.3) is 5.79 Å². The van der Waals surface area contributed by atoms with E-state index in [4.69, 9.17) is 24.2 Å². The Kier molecular flexibility index (Phi) is 7.77. The molecule has 156 valence electrons. The number of carboxylic acids is 1. The molecule has 8 heteroatoms. The van der Waals surface area contributed by atoms with Crippen molar-refractivity contribution in [3.05, 3.63) is 29.6 Å². The lowest BCUT2D eigenvalue weighted by Crippen LogP contribution is -2.51. The van der Waals surface area contributed by atoms with Crippen LogP contribution in [-0.4, -0.2) is 49.0 Å². The van der Waals surface area contributed by atoms with Crippen LogP contribution in [0.25, 0.3) is 0 Å². The summed E-state index contributed by atoms with van der Waals surface area (Å²) in [5, 5.41) is 13.2. The molecule has 0 radical (unpaired) electrons. The minimum atomic E-state index is -1.56. The van der Waals surface area contributed by atoms with Crippen molar-refractivity contribution in [2.24, 2.45) is 11.1 Å². The number of carbonyl (C=O) groups is 1. The van der Waals surface area contributed by atoms with E-state index in [1.165, 1.54) is 20.1 Å². The summed E-state index contributed by atoms with van der Waals surface area (Å²) >= 11 is 0. The Labute approximate surface area is 164 Å². The first-order valence-electron chi connectivity index (χ1n) is 9.32. The molecule has 0 amide bonds. The zero-order valence-electron chi connectivity index (χ0n) is 16.7. The molecular weight excluding hydrogens is 369 g/mol. The first-order chi connectivity index (χ1) is 13.3. The molecule has 1 saturated heterocycles. The van der Waals surface area contributed by atoms with Crippen LogP contribution < -0.4 is 4.74 Å². The molecule has 7 nitrogen and oxygen atoms in total. The molecule has 0 aliphatic carbocycles. The Morgan fingerprint density at radius 1 is 1.43 bits per heavy atom. The summed E-state index contributed by atoms with van der Waals surface area (Å²) in [5.41, 5.74) is 1.21. The van der Waals surface area contributed by atoms with E-state index < -0.39 is 17.6 Å². The third-order valence-electron chi connectivity index (χ3n) is 4.87. The Hall–Kier alpha value is -2.19. The fourth-order valence-corrected chi connectivity index (χ4v) is 2.98. The third kappa shape index (κ3) is 5.65. The van der Waals surface area contributed by atoms with Crippen LogP contribution in [0.15, 0.2) is 23.4 Å². The van der Waals surface area contributed by atoms with Gasteiger partial charge in [-0.15, -0.1) is 0 Å². The van der Waals surface area contributed by atoms with E-state index in [0.29, 0.717) is 24.5 Å². The normalized spacial score (nSPS) is 25.4. The fraction of sp³-hybridized carbons (Fsp3) is 0.600. The molecule has 1 aliphatic heterocycles. The van der Waals surface area contributed by atoms with E-state index in [2.05, 4.69) is 5.16 Å². The number of halogens is 1. The van der Waals surface area contributed by atoms with Crippen LogP contribution >= 0.6 is 0 Å². The van der Waals surface area contributed by atoms with Gasteiger partial charge in [-0.05, 0) is 51.3 Å². The number of methoxy groups -OCH3 is 1. The maximum atomic E-state index is 13.7. The van der Waals surface area contributed by atoms with Gasteiger partial charge in [0, 0.05) is 18.4 Å². The highest BCUT2D eigenvalue weighted by molar-refractivity contribution is 5.98. The third-order valence-corrected chi connectivity index (χ3v) is 4.87. The quantitative estimate of drug-likeness (QED) is 0.389. The Bertz CT molecular complexity index is 710. The zero-order chi connectivity index (χ0) is 20.7. The maximum absolute atomic E-state index is 13.7. The molecule has 0 spiro atoms. The lowest BCUT2D eigenvalue weighted by Gasteiger charge is -2.39. The van der Waals surface area contributed by atoms with Crippen molar-refractivity contribution in [1.82, 2.24) is 0 Å². The van der Waals surface area contributed by atoms with Gasteiger partial charge in [0.05, 0.1) is 25.5 Å². The van der Waals surface area contributed by atoms with Crippen molar-refractivity contribution in [2.75, 3.05) is 20.3 Å². The van der Waals surface area contributed by atoms with Crippen LogP contribution in [0.4, 0.5) is 4.39 Å². The number of oxime groups is 1. The highest BCUT2D eigenvalue weighted by atomic mass is 19.1. The van der Waals surface area contributed by atoms with E-state index in [1.54, 1.807) is 19.1 Å². The van der Waals surface area contributed by atoms with Crippen molar-refractivity contribution in [1.29, 1.82) is 0 Å². The van der Waals surface area contributed by atoms with Gasteiger partial charge < -0.3 is 24.2 Å². The molecule has 0 saturated carbocycles. The predicted octanol–water partition coefficient (Wildman–Crippen LogP) is 3.60. The van der Waals surface area contributed by atoms with Gasteiger partial charge in [-0.25, -0.2) is 9.18 Å². The van der Waals surface area contributed by atoms with Gasteiger partial charge in [0.1, 0.15) is 6.61 Å². The van der Waals surface area contributed by atoms with Crippen LogP contribution in [-0.2, 0) is 19.1 Å². The molecule has 2 rings (SSSR count). The van der Waals surface area contributed by atoms with Crippen LogP contribution in [0.1, 0.15) is 45.6 Å². The Balaban J connectivity index is 1.70. The number of unbranched alkanes of at least 4 members (excludes halogenated alkanes) is 1. The van der Waals surface area contributed by atoms with Crippen molar-refractivity contribution in [3.8, 4) is 5.75 Å². The largest absolute Gasteiger partial charge is 0.494 e. The maximum Gasteiger partial charge on any atom is 0.364 e. The second-order valence-corrected chi connectivity index (χ2v) is 7.00. The van der Waals surface area contributed by atoms with Crippen molar-refractivity contribution >= 4 is 11.7 Å². The van der Waals surface area contributed by atoms with Crippen molar-refractivity contribution < 1.29 is 33.3 Å². The number of ether oxygens (including phenoxy) is 3. The molecule has 1 aromatic carbocycles. The summed E-state index contributed by atoms with van der Waals surface area (Å²) in [5.74, 6) is -2.80. The van der Waals surface area contributed by atoms with Gasteiger partial charge in [-0.3, -0.25) is 0 Å². The molecule has 0 aromatic heterocycles. The average Bonchev–Trinajstić information content (AvgIpc) is 2.65. The number of carboxylic acid groups (broad SMARTS) is 1. The van der Waals surface area contributed by atoms with E-state index in [0.717, 1.165) is 19.3 Å². The molecule has 3 atom stereocenters. The summed E-state index contributed by atoms with van der Waals surface area (Å²) < 4.78 is 29.5. The van der Waals surface area contributed by atoms with Gasteiger partial charge in [0.2, 0.25) is 0 Å². The van der Waals surface area contributed by atoms with Crippen LogP contribution in [0.2, 0.25) is 0 Å². The molecule has 1 fully saturated rings. The molecule has 1 aliphatic rings. The van der Waals surface area contributed by atoms with E-state index in [-0.39, 0.29) is 17.8 Å². The van der Waals surface area contributed by atoms with E-state index in [9.17, 15) is 9.18 Å². The smallest absolute Gasteiger partial charge is 0.364 e. The van der Waals surface area contributed by atoms with Gasteiger partial charge >= 0.3 is 5.97 Å². The highest BCUT2D eigenvalue weighted by Gasteiger charge is 2.43. The number of nitrogens with zero attached hydrogens (tertiary/aromatic N) is 1.